The van der Waals surface area contributed by atoms with Crippen molar-refractivity contribution in [1.82, 2.24) is 9.88 Å². The molecule has 0 radical (unpaired) electrons. The van der Waals surface area contributed by atoms with Crippen LogP contribution >= 0.6 is 11.6 Å². The maximum atomic E-state index is 12.5. The van der Waals surface area contributed by atoms with Gasteiger partial charge < -0.3 is 10.0 Å². The number of pyridine rings is 1. The highest BCUT2D eigenvalue weighted by Gasteiger charge is 2.29. The summed E-state index contributed by atoms with van der Waals surface area (Å²) in [5.74, 6) is -0.122. The Morgan fingerprint density at radius 2 is 2.20 bits per heavy atom. The zero-order valence-corrected chi connectivity index (χ0v) is 11.7. The standard InChI is InChI=1S/C15H15ClN2O2/c16-11-5-3-10-4-6-13(17-14(10)8-11)15(20)18-7-1-2-12(18)9-19/h3-6,8,12,19H,1-2,7,9H2/t12-/m1/s1. The zero-order chi connectivity index (χ0) is 14.1. The van der Waals surface area contributed by atoms with Crippen LogP contribution in [-0.2, 0) is 0 Å². The van der Waals surface area contributed by atoms with E-state index in [0.29, 0.717) is 22.8 Å². The maximum Gasteiger partial charge on any atom is 0.272 e. The Balaban J connectivity index is 1.95. The number of rotatable bonds is 2. The number of halogens is 1. The molecule has 0 bridgehead atoms. The van der Waals surface area contributed by atoms with Gasteiger partial charge in [0.25, 0.3) is 5.91 Å². The number of hydrogen-bond acceptors (Lipinski definition) is 3. The summed E-state index contributed by atoms with van der Waals surface area (Å²) in [5, 5.41) is 10.9. The molecule has 1 fully saturated rings. The molecule has 1 aromatic carbocycles. The third-order valence-corrected chi connectivity index (χ3v) is 3.96. The van der Waals surface area contributed by atoms with Gasteiger partial charge in [-0.15, -0.1) is 0 Å². The Kier molecular flexibility index (Phi) is 3.59. The first-order chi connectivity index (χ1) is 9.69. The molecule has 104 valence electrons. The molecule has 0 aliphatic carbocycles. The van der Waals surface area contributed by atoms with Gasteiger partial charge in [-0.05, 0) is 31.0 Å². The van der Waals surface area contributed by atoms with E-state index in [-0.39, 0.29) is 18.6 Å². The highest BCUT2D eigenvalue weighted by atomic mass is 35.5. The third kappa shape index (κ3) is 2.37. The van der Waals surface area contributed by atoms with Gasteiger partial charge in [-0.3, -0.25) is 4.79 Å². The van der Waals surface area contributed by atoms with Gasteiger partial charge in [-0.2, -0.15) is 0 Å². The second-order valence-electron chi connectivity index (χ2n) is 5.01. The van der Waals surface area contributed by atoms with Crippen LogP contribution in [0.2, 0.25) is 5.02 Å². The summed E-state index contributed by atoms with van der Waals surface area (Å²) >= 11 is 5.95. The van der Waals surface area contributed by atoms with Crippen molar-refractivity contribution >= 4 is 28.4 Å². The second-order valence-corrected chi connectivity index (χ2v) is 5.45. The molecule has 0 unspecified atom stereocenters. The van der Waals surface area contributed by atoms with Crippen molar-refractivity contribution < 1.29 is 9.90 Å². The summed E-state index contributed by atoms with van der Waals surface area (Å²) in [6, 6.07) is 8.95. The Hall–Kier alpha value is -1.65. The van der Waals surface area contributed by atoms with E-state index in [1.807, 2.05) is 12.1 Å². The molecule has 1 saturated heterocycles. The van der Waals surface area contributed by atoms with E-state index in [1.165, 1.54) is 0 Å². The van der Waals surface area contributed by atoms with Crippen molar-refractivity contribution in [2.24, 2.45) is 0 Å². The highest BCUT2D eigenvalue weighted by molar-refractivity contribution is 6.31. The molecule has 1 aliphatic rings. The van der Waals surface area contributed by atoms with Crippen molar-refractivity contribution in [3.05, 3.63) is 41.0 Å². The van der Waals surface area contributed by atoms with Crippen molar-refractivity contribution in [3.8, 4) is 0 Å². The SMILES string of the molecule is O=C(c1ccc2ccc(Cl)cc2n1)N1CCC[C@@H]1CO. The van der Waals surface area contributed by atoms with Crippen LogP contribution in [0, 0.1) is 0 Å². The number of nitrogens with zero attached hydrogens (tertiary/aromatic N) is 2. The van der Waals surface area contributed by atoms with E-state index >= 15 is 0 Å². The first kappa shape index (κ1) is 13.3. The largest absolute Gasteiger partial charge is 0.394 e. The third-order valence-electron chi connectivity index (χ3n) is 3.72. The molecule has 1 amide bonds. The Bertz CT molecular complexity index is 659. The van der Waals surface area contributed by atoms with Gasteiger partial charge in [0.2, 0.25) is 0 Å². The van der Waals surface area contributed by atoms with Gasteiger partial charge in [0, 0.05) is 17.0 Å². The molecular weight excluding hydrogens is 276 g/mol. The maximum absolute atomic E-state index is 12.5. The minimum Gasteiger partial charge on any atom is -0.394 e. The number of likely N-dealkylation sites (tertiary alicyclic amines) is 1. The van der Waals surface area contributed by atoms with Gasteiger partial charge >= 0.3 is 0 Å². The number of hydrogen-bond donors (Lipinski definition) is 1. The molecule has 0 spiro atoms. The molecule has 1 aliphatic heterocycles. The van der Waals surface area contributed by atoms with Crippen LogP contribution in [0.5, 0.6) is 0 Å². The lowest BCUT2D eigenvalue weighted by atomic mass is 10.2. The van der Waals surface area contributed by atoms with Crippen LogP contribution in [0.4, 0.5) is 0 Å². The molecule has 20 heavy (non-hydrogen) atoms. The highest BCUT2D eigenvalue weighted by Crippen LogP contribution is 2.22. The van der Waals surface area contributed by atoms with Crippen molar-refractivity contribution in [2.45, 2.75) is 18.9 Å². The minimum absolute atomic E-state index is 0.00511. The molecule has 2 heterocycles. The number of carbonyl (C=O) groups excluding carboxylic acids is 1. The van der Waals surface area contributed by atoms with Crippen LogP contribution in [0.25, 0.3) is 10.9 Å². The predicted molar refractivity (Wildman–Crippen MR) is 77.9 cm³/mol. The summed E-state index contributed by atoms with van der Waals surface area (Å²) in [5.41, 5.74) is 1.11. The van der Waals surface area contributed by atoms with Gasteiger partial charge in [-0.25, -0.2) is 4.98 Å². The summed E-state index contributed by atoms with van der Waals surface area (Å²) in [4.78, 5) is 18.6. The monoisotopic (exact) mass is 290 g/mol. The molecule has 2 aromatic rings. The van der Waals surface area contributed by atoms with Crippen LogP contribution in [0.3, 0.4) is 0 Å². The lowest BCUT2D eigenvalue weighted by Crippen LogP contribution is -2.38. The number of aliphatic hydroxyl groups is 1. The van der Waals surface area contributed by atoms with E-state index in [2.05, 4.69) is 4.98 Å². The van der Waals surface area contributed by atoms with E-state index in [9.17, 15) is 9.90 Å². The number of amides is 1. The Labute approximate surface area is 122 Å². The summed E-state index contributed by atoms with van der Waals surface area (Å²) < 4.78 is 0. The molecule has 1 atom stereocenters. The van der Waals surface area contributed by atoms with E-state index in [0.717, 1.165) is 18.2 Å². The van der Waals surface area contributed by atoms with Crippen molar-refractivity contribution in [2.75, 3.05) is 13.2 Å². The van der Waals surface area contributed by atoms with Gasteiger partial charge in [-0.1, -0.05) is 23.7 Å². The average molecular weight is 291 g/mol. The summed E-state index contributed by atoms with van der Waals surface area (Å²) in [6.45, 7) is 0.685. The molecule has 0 saturated carbocycles. The summed E-state index contributed by atoms with van der Waals surface area (Å²) in [7, 11) is 0. The number of aromatic nitrogens is 1. The fourth-order valence-corrected chi connectivity index (χ4v) is 2.82. The number of carbonyl (C=O) groups is 1. The second kappa shape index (κ2) is 5.38. The zero-order valence-electron chi connectivity index (χ0n) is 10.9. The van der Waals surface area contributed by atoms with Crippen molar-refractivity contribution in [1.29, 1.82) is 0 Å². The molecule has 3 rings (SSSR count). The lowest BCUT2D eigenvalue weighted by molar-refractivity contribution is 0.0672. The van der Waals surface area contributed by atoms with Crippen LogP contribution in [-0.4, -0.2) is 40.1 Å². The Morgan fingerprint density at radius 3 is 3.00 bits per heavy atom. The normalized spacial score (nSPS) is 18.7. The van der Waals surface area contributed by atoms with Gasteiger partial charge in [0.05, 0.1) is 18.2 Å². The van der Waals surface area contributed by atoms with Crippen molar-refractivity contribution in [3.63, 3.8) is 0 Å². The quantitative estimate of drug-likeness (QED) is 0.924. The number of aliphatic hydroxyl groups excluding tert-OH is 1. The molecule has 1 aromatic heterocycles. The molecule has 1 N–H and O–H groups in total. The van der Waals surface area contributed by atoms with Crippen LogP contribution in [0.1, 0.15) is 23.3 Å². The number of benzene rings is 1. The topological polar surface area (TPSA) is 53.4 Å². The van der Waals surface area contributed by atoms with E-state index in [1.54, 1.807) is 23.1 Å². The predicted octanol–water partition coefficient (Wildman–Crippen LogP) is 2.49. The summed E-state index contributed by atoms with van der Waals surface area (Å²) in [6.07, 6.45) is 1.78. The lowest BCUT2D eigenvalue weighted by Gasteiger charge is -2.22. The molecule has 4 nitrogen and oxygen atoms in total. The first-order valence-electron chi connectivity index (χ1n) is 6.67. The van der Waals surface area contributed by atoms with Gasteiger partial charge in [0.15, 0.2) is 0 Å². The fourth-order valence-electron chi connectivity index (χ4n) is 2.65. The van der Waals surface area contributed by atoms with Crippen LogP contribution < -0.4 is 0 Å². The smallest absolute Gasteiger partial charge is 0.272 e. The molecular formula is C15H15ClN2O2. The van der Waals surface area contributed by atoms with E-state index < -0.39 is 0 Å². The fraction of sp³-hybridized carbons (Fsp3) is 0.333. The number of fused-ring (bicyclic) bond motifs is 1. The first-order valence-corrected chi connectivity index (χ1v) is 7.05. The average Bonchev–Trinajstić information content (AvgIpc) is 2.94. The van der Waals surface area contributed by atoms with Crippen LogP contribution in [0.15, 0.2) is 30.3 Å². The Morgan fingerprint density at radius 1 is 1.40 bits per heavy atom. The van der Waals surface area contributed by atoms with E-state index in [4.69, 9.17) is 11.6 Å². The minimum atomic E-state index is -0.122. The van der Waals surface area contributed by atoms with Gasteiger partial charge in [0.1, 0.15) is 5.69 Å². The molecule has 5 heteroatoms.